The molecule has 0 saturated carbocycles. The average Bonchev–Trinajstić information content (AvgIpc) is 2.97. The minimum absolute atomic E-state index is 0.0668. The van der Waals surface area contributed by atoms with Crippen LogP contribution in [-0.2, 0) is 30.0 Å². The van der Waals surface area contributed by atoms with Gasteiger partial charge in [-0.1, -0.05) is 131 Å². The summed E-state index contributed by atoms with van der Waals surface area (Å²) in [6.07, 6.45) is 3.20. The van der Waals surface area contributed by atoms with Gasteiger partial charge in [0.05, 0.1) is 12.7 Å². The molecule has 6 heteroatoms. The molecule has 3 aromatic rings. The summed E-state index contributed by atoms with van der Waals surface area (Å²) in [5, 5.41) is 2.35. The Kier molecular flexibility index (Phi) is 12.7. The zero-order valence-corrected chi connectivity index (χ0v) is 27.3. The van der Waals surface area contributed by atoms with Crippen molar-refractivity contribution in [2.24, 2.45) is 5.92 Å². The highest BCUT2D eigenvalue weighted by Gasteiger charge is 2.50. The Bertz CT molecular complexity index is 1180. The third kappa shape index (κ3) is 8.98. The van der Waals surface area contributed by atoms with Gasteiger partial charge in [-0.15, -0.1) is 0 Å². The summed E-state index contributed by atoms with van der Waals surface area (Å²) in [4.78, 5) is 12.1. The monoisotopic (exact) mass is 588 g/mol. The number of rotatable bonds is 15. The number of hydrogen-bond acceptors (Lipinski definition) is 5. The SMILES string of the molecule is C/C=C/[C@@H](C)[C@@H](CCO[Si](c1ccccc1)(c1ccccc1)C(C)(C)C)O[C@@H](OC(C)=O)[C@H](C)OCc1ccccc1. The summed E-state index contributed by atoms with van der Waals surface area (Å²) >= 11 is 0. The van der Waals surface area contributed by atoms with Crippen molar-refractivity contribution in [3.8, 4) is 0 Å². The van der Waals surface area contributed by atoms with Crippen molar-refractivity contribution in [1.29, 1.82) is 0 Å². The Morgan fingerprint density at radius 3 is 1.86 bits per heavy atom. The molecule has 3 aromatic carbocycles. The molecule has 0 spiro atoms. The van der Waals surface area contributed by atoms with Gasteiger partial charge in [-0.05, 0) is 41.2 Å². The lowest BCUT2D eigenvalue weighted by Crippen LogP contribution is -2.66. The van der Waals surface area contributed by atoms with Gasteiger partial charge in [0.15, 0.2) is 0 Å². The molecule has 3 rings (SSSR count). The first kappa shape index (κ1) is 33.5. The predicted octanol–water partition coefficient (Wildman–Crippen LogP) is 7.05. The molecule has 0 heterocycles. The molecule has 0 radical (unpaired) electrons. The number of carbonyl (C=O) groups excluding carboxylic acids is 1. The first-order chi connectivity index (χ1) is 20.1. The lowest BCUT2D eigenvalue weighted by Gasteiger charge is -2.43. The highest BCUT2D eigenvalue weighted by Crippen LogP contribution is 2.37. The van der Waals surface area contributed by atoms with Crippen LogP contribution in [0.5, 0.6) is 0 Å². The van der Waals surface area contributed by atoms with Gasteiger partial charge in [-0.25, -0.2) is 0 Å². The van der Waals surface area contributed by atoms with Crippen LogP contribution in [0.25, 0.3) is 0 Å². The average molecular weight is 589 g/mol. The quantitative estimate of drug-likeness (QED) is 0.0825. The molecule has 0 aliphatic carbocycles. The second kappa shape index (κ2) is 16.0. The largest absolute Gasteiger partial charge is 0.433 e. The molecule has 226 valence electrons. The minimum atomic E-state index is -2.69. The predicted molar refractivity (Wildman–Crippen MR) is 173 cm³/mol. The van der Waals surface area contributed by atoms with Gasteiger partial charge in [0.1, 0.15) is 6.10 Å². The van der Waals surface area contributed by atoms with Crippen LogP contribution in [0.3, 0.4) is 0 Å². The molecule has 0 aliphatic rings. The Balaban J connectivity index is 1.85. The maximum atomic E-state index is 12.1. The van der Waals surface area contributed by atoms with E-state index in [0.29, 0.717) is 19.6 Å². The second-order valence-electron chi connectivity index (χ2n) is 11.8. The van der Waals surface area contributed by atoms with Gasteiger partial charge < -0.3 is 18.6 Å². The van der Waals surface area contributed by atoms with E-state index in [2.05, 4.69) is 94.4 Å². The fraction of sp³-hybridized carbons (Fsp3) is 0.417. The Morgan fingerprint density at radius 2 is 1.38 bits per heavy atom. The van der Waals surface area contributed by atoms with Gasteiger partial charge in [0.2, 0.25) is 6.29 Å². The molecule has 0 unspecified atom stereocenters. The van der Waals surface area contributed by atoms with Gasteiger partial charge in [0, 0.05) is 19.4 Å². The summed E-state index contributed by atoms with van der Waals surface area (Å²) in [7, 11) is -2.69. The number of ether oxygens (including phenoxy) is 3. The summed E-state index contributed by atoms with van der Waals surface area (Å²) in [5.74, 6) is -0.340. The number of carbonyl (C=O) groups is 1. The summed E-state index contributed by atoms with van der Waals surface area (Å²) in [6.45, 7) is 15.1. The lowest BCUT2D eigenvalue weighted by atomic mass is 10.0. The molecule has 0 N–H and O–H groups in total. The van der Waals surface area contributed by atoms with Crippen LogP contribution in [0.4, 0.5) is 0 Å². The second-order valence-corrected chi connectivity index (χ2v) is 16.1. The van der Waals surface area contributed by atoms with Crippen LogP contribution in [0.2, 0.25) is 5.04 Å². The van der Waals surface area contributed by atoms with E-state index in [1.165, 1.54) is 17.3 Å². The summed E-state index contributed by atoms with van der Waals surface area (Å²) in [6, 6.07) is 31.2. The van der Waals surface area contributed by atoms with E-state index >= 15 is 0 Å². The summed E-state index contributed by atoms with van der Waals surface area (Å²) in [5.41, 5.74) is 1.04. The van der Waals surface area contributed by atoms with Gasteiger partial charge in [-0.2, -0.15) is 0 Å². The van der Waals surface area contributed by atoms with Crippen molar-refractivity contribution in [2.45, 2.75) is 85.0 Å². The lowest BCUT2D eigenvalue weighted by molar-refractivity contribution is -0.227. The van der Waals surface area contributed by atoms with Crippen molar-refractivity contribution < 1.29 is 23.4 Å². The standard InChI is InChI=1S/C36H48O5Si/c1-8-18-28(2)34(41-35(40-30(4)37)29(3)38-27-31-19-12-9-13-20-31)25-26-39-42(36(5,6)7,32-21-14-10-15-22-32)33-23-16-11-17-24-33/h8-24,28-29,34-35H,25-27H2,1-7H3/b18-8+/t28-,29+,34-,35-/m1/s1. The first-order valence-electron chi connectivity index (χ1n) is 14.9. The smallest absolute Gasteiger partial charge is 0.305 e. The van der Waals surface area contributed by atoms with Crippen molar-refractivity contribution in [3.05, 3.63) is 109 Å². The van der Waals surface area contributed by atoms with E-state index in [1.54, 1.807) is 0 Å². The van der Waals surface area contributed by atoms with Crippen molar-refractivity contribution in [2.75, 3.05) is 6.61 Å². The molecule has 0 saturated heterocycles. The number of benzene rings is 3. The fourth-order valence-electron chi connectivity index (χ4n) is 5.42. The number of esters is 1. The first-order valence-corrected chi connectivity index (χ1v) is 16.9. The molecule has 0 amide bonds. The van der Waals surface area contributed by atoms with E-state index in [-0.39, 0.29) is 17.1 Å². The van der Waals surface area contributed by atoms with E-state index in [1.807, 2.05) is 50.3 Å². The van der Waals surface area contributed by atoms with Crippen LogP contribution in [0, 0.1) is 5.92 Å². The molecule has 0 bridgehead atoms. The molecule has 0 aromatic heterocycles. The van der Waals surface area contributed by atoms with Gasteiger partial charge in [0.25, 0.3) is 8.32 Å². The van der Waals surface area contributed by atoms with Crippen molar-refractivity contribution in [3.63, 3.8) is 0 Å². The van der Waals surface area contributed by atoms with Crippen LogP contribution < -0.4 is 10.4 Å². The van der Waals surface area contributed by atoms with Gasteiger partial charge in [-0.3, -0.25) is 4.79 Å². The van der Waals surface area contributed by atoms with E-state index < -0.39 is 26.7 Å². The number of hydrogen-bond donors (Lipinski definition) is 0. The van der Waals surface area contributed by atoms with Gasteiger partial charge >= 0.3 is 5.97 Å². The van der Waals surface area contributed by atoms with Crippen molar-refractivity contribution in [1.82, 2.24) is 0 Å². The third-order valence-corrected chi connectivity index (χ3v) is 12.6. The highest BCUT2D eigenvalue weighted by atomic mass is 28.4. The highest BCUT2D eigenvalue weighted by molar-refractivity contribution is 6.99. The van der Waals surface area contributed by atoms with E-state index in [9.17, 15) is 4.79 Å². The molecule has 42 heavy (non-hydrogen) atoms. The Morgan fingerprint density at radius 1 is 0.857 bits per heavy atom. The van der Waals surface area contributed by atoms with Crippen molar-refractivity contribution >= 4 is 24.7 Å². The van der Waals surface area contributed by atoms with E-state index in [0.717, 1.165) is 5.56 Å². The molecular weight excluding hydrogens is 540 g/mol. The topological polar surface area (TPSA) is 54.0 Å². The molecule has 5 nitrogen and oxygen atoms in total. The zero-order chi connectivity index (χ0) is 30.6. The third-order valence-electron chi connectivity index (χ3n) is 7.55. The fourth-order valence-corrected chi connectivity index (χ4v) is 10.0. The molecule has 0 fully saturated rings. The van der Waals surface area contributed by atoms with Crippen LogP contribution in [0.15, 0.2) is 103 Å². The van der Waals surface area contributed by atoms with E-state index in [4.69, 9.17) is 18.6 Å². The molecule has 0 aliphatic heterocycles. The van der Waals surface area contributed by atoms with Crippen LogP contribution in [0.1, 0.15) is 60.5 Å². The van der Waals surface area contributed by atoms with Crippen LogP contribution in [-0.4, -0.2) is 39.4 Å². The number of allylic oxidation sites excluding steroid dienone is 1. The Labute approximate surface area is 254 Å². The zero-order valence-electron chi connectivity index (χ0n) is 26.3. The maximum absolute atomic E-state index is 12.1. The summed E-state index contributed by atoms with van der Waals surface area (Å²) < 4.78 is 25.5. The van der Waals surface area contributed by atoms with Crippen LogP contribution >= 0.6 is 0 Å². The minimum Gasteiger partial charge on any atom is -0.433 e. The maximum Gasteiger partial charge on any atom is 0.305 e. The normalized spacial score (nSPS) is 15.2. The Hall–Kier alpha value is -3.03. The molecular formula is C36H48O5Si. The molecule has 4 atom stereocenters.